The van der Waals surface area contributed by atoms with Gasteiger partial charge in [0.2, 0.25) is 4.96 Å². The van der Waals surface area contributed by atoms with Crippen molar-refractivity contribution in [2.45, 2.75) is 6.54 Å². The van der Waals surface area contributed by atoms with Crippen LogP contribution in [-0.4, -0.2) is 44.3 Å². The number of fused-ring (bicyclic) bond motifs is 1. The molecule has 0 spiro atoms. The van der Waals surface area contributed by atoms with Crippen LogP contribution in [0.1, 0.15) is 5.69 Å². The van der Waals surface area contributed by atoms with Gasteiger partial charge in [-0.25, -0.2) is 4.98 Å². The van der Waals surface area contributed by atoms with Crippen molar-refractivity contribution in [1.82, 2.24) is 19.5 Å². The summed E-state index contributed by atoms with van der Waals surface area (Å²) < 4.78 is 1.28. The summed E-state index contributed by atoms with van der Waals surface area (Å²) in [6.07, 6.45) is 1.76. The van der Waals surface area contributed by atoms with Crippen LogP contribution in [0.4, 0.5) is 0 Å². The van der Waals surface area contributed by atoms with Gasteiger partial charge >= 0.3 is 0 Å². The molecule has 0 saturated carbocycles. The summed E-state index contributed by atoms with van der Waals surface area (Å²) in [6.45, 7) is 5.41. The minimum absolute atomic E-state index is 0.0651. The molecule has 0 saturated heterocycles. The van der Waals surface area contributed by atoms with E-state index in [0.29, 0.717) is 30.3 Å². The lowest BCUT2D eigenvalue weighted by atomic mass is 10.3. The molecule has 0 aliphatic rings. The first-order valence-electron chi connectivity index (χ1n) is 5.51. The number of aliphatic hydroxyl groups excluding tert-OH is 1. The minimum Gasteiger partial charge on any atom is -0.395 e. The Hall–Kier alpha value is -1.57. The predicted octanol–water partition coefficient (Wildman–Crippen LogP) is 0.131. The van der Waals surface area contributed by atoms with E-state index in [2.05, 4.69) is 16.7 Å². The maximum Gasteiger partial charge on any atom is 0.275 e. The van der Waals surface area contributed by atoms with Gasteiger partial charge in [0.25, 0.3) is 5.56 Å². The summed E-state index contributed by atoms with van der Waals surface area (Å²) in [6, 6.07) is 1.47. The molecule has 2 aromatic rings. The van der Waals surface area contributed by atoms with E-state index in [-0.39, 0.29) is 12.2 Å². The second-order valence-electron chi connectivity index (χ2n) is 3.77. The monoisotopic (exact) mass is 266 g/mol. The van der Waals surface area contributed by atoms with Gasteiger partial charge in [0.05, 0.1) is 12.3 Å². The number of aromatic nitrogens is 3. The van der Waals surface area contributed by atoms with Crippen LogP contribution < -0.4 is 5.56 Å². The smallest absolute Gasteiger partial charge is 0.275 e. The molecule has 1 N–H and O–H groups in total. The molecule has 0 radical (unpaired) electrons. The first kappa shape index (κ1) is 12.9. The second kappa shape index (κ2) is 5.85. The molecule has 96 valence electrons. The largest absolute Gasteiger partial charge is 0.395 e. The zero-order valence-electron chi connectivity index (χ0n) is 9.82. The molecule has 7 heteroatoms. The van der Waals surface area contributed by atoms with Crippen LogP contribution in [0.5, 0.6) is 0 Å². The molecule has 0 aliphatic heterocycles. The lowest BCUT2D eigenvalue weighted by Crippen LogP contribution is -2.28. The van der Waals surface area contributed by atoms with E-state index in [9.17, 15) is 4.79 Å². The standard InChI is InChI=1S/C11H14N4O2S/c1-2-3-14(4-5-16)7-9-6-10(17)15-11(13-9)18-8-12-15/h2,6,8,16H,1,3-5,7H2. The summed E-state index contributed by atoms with van der Waals surface area (Å²) >= 11 is 1.32. The third-order valence-electron chi connectivity index (χ3n) is 2.43. The highest BCUT2D eigenvalue weighted by molar-refractivity contribution is 7.14. The Morgan fingerprint density at radius 3 is 3.17 bits per heavy atom. The van der Waals surface area contributed by atoms with E-state index in [1.165, 1.54) is 21.9 Å². The molecule has 0 fully saturated rings. The van der Waals surface area contributed by atoms with Crippen molar-refractivity contribution in [1.29, 1.82) is 0 Å². The molecule has 0 bridgehead atoms. The summed E-state index contributed by atoms with van der Waals surface area (Å²) in [5, 5.41) is 12.9. The normalized spacial score (nSPS) is 11.2. The van der Waals surface area contributed by atoms with Crippen molar-refractivity contribution in [3.63, 3.8) is 0 Å². The fourth-order valence-corrected chi connectivity index (χ4v) is 2.31. The number of hydrogen-bond acceptors (Lipinski definition) is 6. The third kappa shape index (κ3) is 2.81. The lowest BCUT2D eigenvalue weighted by Gasteiger charge is -2.18. The molecule has 0 unspecified atom stereocenters. The second-order valence-corrected chi connectivity index (χ2v) is 4.58. The number of hydrogen-bond donors (Lipinski definition) is 1. The topological polar surface area (TPSA) is 70.7 Å². The van der Waals surface area contributed by atoms with Crippen molar-refractivity contribution in [3.8, 4) is 0 Å². The number of nitrogens with zero attached hydrogens (tertiary/aromatic N) is 4. The molecule has 0 aromatic carbocycles. The van der Waals surface area contributed by atoms with Crippen LogP contribution in [0.2, 0.25) is 0 Å². The Morgan fingerprint density at radius 2 is 2.44 bits per heavy atom. The van der Waals surface area contributed by atoms with E-state index < -0.39 is 0 Å². The van der Waals surface area contributed by atoms with Crippen LogP contribution in [0, 0.1) is 0 Å². The molecular formula is C11H14N4O2S. The Kier molecular flexibility index (Phi) is 4.19. The Labute approximate surface area is 108 Å². The van der Waals surface area contributed by atoms with E-state index in [1.54, 1.807) is 11.6 Å². The number of rotatable bonds is 6. The predicted molar refractivity (Wildman–Crippen MR) is 69.7 cm³/mol. The van der Waals surface area contributed by atoms with E-state index in [0.717, 1.165) is 0 Å². The summed E-state index contributed by atoms with van der Waals surface area (Å²) in [5.74, 6) is 0. The first-order valence-corrected chi connectivity index (χ1v) is 6.39. The van der Waals surface area contributed by atoms with Gasteiger partial charge < -0.3 is 5.11 Å². The van der Waals surface area contributed by atoms with Crippen LogP contribution in [0.25, 0.3) is 4.96 Å². The quantitative estimate of drug-likeness (QED) is 0.753. The number of aliphatic hydroxyl groups is 1. The van der Waals surface area contributed by atoms with Gasteiger partial charge in [0.15, 0.2) is 0 Å². The van der Waals surface area contributed by atoms with Crippen molar-refractivity contribution in [2.75, 3.05) is 19.7 Å². The van der Waals surface area contributed by atoms with Gasteiger partial charge in [-0.05, 0) is 0 Å². The van der Waals surface area contributed by atoms with Crippen LogP contribution >= 0.6 is 11.3 Å². The van der Waals surface area contributed by atoms with E-state index >= 15 is 0 Å². The zero-order chi connectivity index (χ0) is 13.0. The lowest BCUT2D eigenvalue weighted by molar-refractivity contribution is 0.202. The Balaban J connectivity index is 2.24. The highest BCUT2D eigenvalue weighted by Crippen LogP contribution is 2.06. The average molecular weight is 266 g/mol. The van der Waals surface area contributed by atoms with Crippen LogP contribution in [0.15, 0.2) is 29.0 Å². The van der Waals surface area contributed by atoms with E-state index in [1.807, 2.05) is 4.90 Å². The molecular weight excluding hydrogens is 252 g/mol. The molecule has 2 aromatic heterocycles. The summed E-state index contributed by atoms with van der Waals surface area (Å²) in [4.78, 5) is 18.6. The molecule has 0 aliphatic carbocycles. The first-order chi connectivity index (χ1) is 8.74. The van der Waals surface area contributed by atoms with Gasteiger partial charge in [-0.2, -0.15) is 9.61 Å². The van der Waals surface area contributed by atoms with Crippen molar-refractivity contribution >= 4 is 16.3 Å². The molecule has 0 atom stereocenters. The maximum atomic E-state index is 11.7. The highest BCUT2D eigenvalue weighted by Gasteiger charge is 2.08. The summed E-state index contributed by atoms with van der Waals surface area (Å²) in [5.41, 5.74) is 2.08. The van der Waals surface area contributed by atoms with Gasteiger partial charge in [-0.3, -0.25) is 9.69 Å². The van der Waals surface area contributed by atoms with Crippen molar-refractivity contribution in [3.05, 3.63) is 40.3 Å². The van der Waals surface area contributed by atoms with E-state index in [4.69, 9.17) is 5.11 Å². The van der Waals surface area contributed by atoms with Gasteiger partial charge in [0, 0.05) is 25.7 Å². The molecule has 6 nitrogen and oxygen atoms in total. The van der Waals surface area contributed by atoms with Crippen molar-refractivity contribution in [2.24, 2.45) is 0 Å². The van der Waals surface area contributed by atoms with Crippen LogP contribution in [-0.2, 0) is 6.54 Å². The van der Waals surface area contributed by atoms with Crippen LogP contribution in [0.3, 0.4) is 0 Å². The Morgan fingerprint density at radius 1 is 1.61 bits per heavy atom. The fraction of sp³-hybridized carbons (Fsp3) is 0.364. The van der Waals surface area contributed by atoms with Gasteiger partial charge in [-0.15, -0.1) is 6.58 Å². The fourth-order valence-electron chi connectivity index (χ4n) is 1.67. The average Bonchev–Trinajstić information content (AvgIpc) is 2.78. The maximum absolute atomic E-state index is 11.7. The minimum atomic E-state index is -0.182. The molecule has 0 amide bonds. The zero-order valence-corrected chi connectivity index (χ0v) is 10.6. The van der Waals surface area contributed by atoms with Gasteiger partial charge in [0.1, 0.15) is 5.51 Å². The Bertz CT molecular complexity index is 592. The molecule has 2 heterocycles. The van der Waals surface area contributed by atoms with Crippen molar-refractivity contribution < 1.29 is 5.11 Å². The highest BCUT2D eigenvalue weighted by atomic mass is 32.1. The SMILES string of the molecule is C=CCN(CCO)Cc1cc(=O)n2ncsc2n1. The third-order valence-corrected chi connectivity index (χ3v) is 3.10. The molecule has 18 heavy (non-hydrogen) atoms. The summed E-state index contributed by atoms with van der Waals surface area (Å²) in [7, 11) is 0. The molecule has 2 rings (SSSR count). The van der Waals surface area contributed by atoms with Gasteiger partial charge in [-0.1, -0.05) is 17.4 Å².